The summed E-state index contributed by atoms with van der Waals surface area (Å²) in [6.07, 6.45) is 0.945. The van der Waals surface area contributed by atoms with Crippen LogP contribution in [0.1, 0.15) is 45.6 Å². The zero-order chi connectivity index (χ0) is 12.1. The number of ketones is 1. The summed E-state index contributed by atoms with van der Waals surface area (Å²) in [5.41, 5.74) is 1.16. The summed E-state index contributed by atoms with van der Waals surface area (Å²) in [5.74, 6) is 1.10. The second kappa shape index (κ2) is 5.83. The Morgan fingerprint density at radius 1 is 1.06 bits per heavy atom. The Labute approximate surface area is 98.9 Å². The molecule has 0 fully saturated rings. The SMILES string of the molecule is CC(C)CC(C(=O)C(C)C)c1ccccc1. The van der Waals surface area contributed by atoms with Crippen molar-refractivity contribution in [2.45, 2.75) is 40.0 Å². The van der Waals surface area contributed by atoms with Crippen molar-refractivity contribution in [3.05, 3.63) is 35.9 Å². The van der Waals surface area contributed by atoms with Gasteiger partial charge in [-0.15, -0.1) is 0 Å². The predicted octanol–water partition coefficient (Wildman–Crippen LogP) is 4.04. The average Bonchev–Trinajstić information content (AvgIpc) is 2.26. The van der Waals surface area contributed by atoms with Gasteiger partial charge in [0.1, 0.15) is 5.78 Å². The number of hydrogen-bond donors (Lipinski definition) is 0. The highest BCUT2D eigenvalue weighted by Gasteiger charge is 2.23. The minimum atomic E-state index is 0.0706. The van der Waals surface area contributed by atoms with Crippen molar-refractivity contribution in [2.24, 2.45) is 11.8 Å². The van der Waals surface area contributed by atoms with Crippen molar-refractivity contribution in [2.75, 3.05) is 0 Å². The number of rotatable bonds is 5. The van der Waals surface area contributed by atoms with E-state index >= 15 is 0 Å². The monoisotopic (exact) mass is 218 g/mol. The third kappa shape index (κ3) is 3.48. The molecule has 0 spiro atoms. The minimum Gasteiger partial charge on any atom is -0.299 e. The summed E-state index contributed by atoms with van der Waals surface area (Å²) in [5, 5.41) is 0. The average molecular weight is 218 g/mol. The van der Waals surface area contributed by atoms with Gasteiger partial charge >= 0.3 is 0 Å². The van der Waals surface area contributed by atoms with E-state index in [1.807, 2.05) is 32.0 Å². The van der Waals surface area contributed by atoms with Crippen molar-refractivity contribution >= 4 is 5.78 Å². The van der Waals surface area contributed by atoms with Crippen LogP contribution in [0, 0.1) is 11.8 Å². The number of hydrogen-bond acceptors (Lipinski definition) is 1. The van der Waals surface area contributed by atoms with Crippen molar-refractivity contribution in [3.63, 3.8) is 0 Å². The Morgan fingerprint density at radius 2 is 1.62 bits per heavy atom. The molecule has 0 saturated carbocycles. The first-order valence-corrected chi connectivity index (χ1v) is 6.11. The van der Waals surface area contributed by atoms with Gasteiger partial charge in [0.05, 0.1) is 0 Å². The quantitative estimate of drug-likeness (QED) is 0.729. The van der Waals surface area contributed by atoms with Crippen LogP contribution in [0.2, 0.25) is 0 Å². The molecule has 0 N–H and O–H groups in total. The highest BCUT2D eigenvalue weighted by molar-refractivity contribution is 5.87. The molecule has 1 aromatic carbocycles. The van der Waals surface area contributed by atoms with Crippen LogP contribution < -0.4 is 0 Å². The van der Waals surface area contributed by atoms with Gasteiger partial charge in [-0.05, 0) is 17.9 Å². The highest BCUT2D eigenvalue weighted by Crippen LogP contribution is 2.27. The van der Waals surface area contributed by atoms with Crippen LogP contribution in [0.5, 0.6) is 0 Å². The number of benzene rings is 1. The van der Waals surface area contributed by atoms with Gasteiger partial charge in [-0.3, -0.25) is 4.79 Å². The lowest BCUT2D eigenvalue weighted by Gasteiger charge is -2.20. The van der Waals surface area contributed by atoms with E-state index in [1.165, 1.54) is 0 Å². The first-order valence-electron chi connectivity index (χ1n) is 6.11. The number of carbonyl (C=O) groups is 1. The molecule has 1 aromatic rings. The van der Waals surface area contributed by atoms with Crippen molar-refractivity contribution in [1.82, 2.24) is 0 Å². The lowest BCUT2D eigenvalue weighted by atomic mass is 9.83. The van der Waals surface area contributed by atoms with Crippen LogP contribution in [-0.4, -0.2) is 5.78 Å². The van der Waals surface area contributed by atoms with Crippen LogP contribution in [0.15, 0.2) is 30.3 Å². The molecule has 1 atom stereocenters. The lowest BCUT2D eigenvalue weighted by molar-refractivity contribution is -0.123. The van der Waals surface area contributed by atoms with E-state index in [0.29, 0.717) is 11.7 Å². The topological polar surface area (TPSA) is 17.1 Å². The van der Waals surface area contributed by atoms with E-state index in [1.54, 1.807) is 0 Å². The summed E-state index contributed by atoms with van der Waals surface area (Å²) >= 11 is 0. The molecule has 88 valence electrons. The second-order valence-corrected chi connectivity index (χ2v) is 5.15. The zero-order valence-electron chi connectivity index (χ0n) is 10.7. The van der Waals surface area contributed by atoms with Gasteiger partial charge < -0.3 is 0 Å². The summed E-state index contributed by atoms with van der Waals surface area (Å²) < 4.78 is 0. The van der Waals surface area contributed by atoms with E-state index in [4.69, 9.17) is 0 Å². The summed E-state index contributed by atoms with van der Waals surface area (Å²) in [7, 11) is 0. The fraction of sp³-hybridized carbons (Fsp3) is 0.533. The molecule has 0 heterocycles. The largest absolute Gasteiger partial charge is 0.299 e. The molecule has 1 unspecified atom stereocenters. The lowest BCUT2D eigenvalue weighted by Crippen LogP contribution is -2.19. The maximum atomic E-state index is 12.2. The van der Waals surface area contributed by atoms with Gasteiger partial charge in [-0.1, -0.05) is 58.0 Å². The van der Waals surface area contributed by atoms with E-state index in [0.717, 1.165) is 12.0 Å². The van der Waals surface area contributed by atoms with Gasteiger partial charge in [-0.2, -0.15) is 0 Å². The molecule has 0 aliphatic carbocycles. The standard InChI is InChI=1S/C15H22O/c1-11(2)10-14(15(16)12(3)4)13-8-6-5-7-9-13/h5-9,11-12,14H,10H2,1-4H3. The van der Waals surface area contributed by atoms with Crippen molar-refractivity contribution in [3.8, 4) is 0 Å². The molecule has 0 aliphatic rings. The fourth-order valence-corrected chi connectivity index (χ4v) is 1.98. The van der Waals surface area contributed by atoms with Crippen LogP contribution in [0.25, 0.3) is 0 Å². The van der Waals surface area contributed by atoms with E-state index in [9.17, 15) is 4.79 Å². The fourth-order valence-electron chi connectivity index (χ4n) is 1.98. The molecule has 16 heavy (non-hydrogen) atoms. The van der Waals surface area contributed by atoms with Gasteiger partial charge in [0, 0.05) is 11.8 Å². The summed E-state index contributed by atoms with van der Waals surface area (Å²) in [4.78, 5) is 12.2. The maximum Gasteiger partial charge on any atom is 0.142 e. The second-order valence-electron chi connectivity index (χ2n) is 5.15. The van der Waals surface area contributed by atoms with Crippen LogP contribution in [0.4, 0.5) is 0 Å². The zero-order valence-corrected chi connectivity index (χ0v) is 10.7. The Hall–Kier alpha value is -1.11. The van der Waals surface area contributed by atoms with Crippen molar-refractivity contribution < 1.29 is 4.79 Å². The van der Waals surface area contributed by atoms with E-state index < -0.39 is 0 Å². The molecule has 1 rings (SSSR count). The molecule has 0 radical (unpaired) electrons. The molecule has 0 saturated heterocycles. The first kappa shape index (κ1) is 13.0. The van der Waals surface area contributed by atoms with E-state index in [-0.39, 0.29) is 11.8 Å². The molecule has 0 bridgehead atoms. The third-order valence-electron chi connectivity index (χ3n) is 2.82. The smallest absolute Gasteiger partial charge is 0.142 e. The van der Waals surface area contributed by atoms with Crippen LogP contribution >= 0.6 is 0 Å². The third-order valence-corrected chi connectivity index (χ3v) is 2.82. The minimum absolute atomic E-state index is 0.0706. The first-order chi connectivity index (χ1) is 7.52. The maximum absolute atomic E-state index is 12.2. The molecule has 0 aliphatic heterocycles. The highest BCUT2D eigenvalue weighted by atomic mass is 16.1. The van der Waals surface area contributed by atoms with Crippen LogP contribution in [-0.2, 0) is 4.79 Å². The molecule has 0 amide bonds. The molecule has 1 heteroatoms. The summed E-state index contributed by atoms with van der Waals surface area (Å²) in [6.45, 7) is 8.31. The molecular formula is C15H22O. The summed E-state index contributed by atoms with van der Waals surface area (Å²) in [6, 6.07) is 10.1. The predicted molar refractivity (Wildman–Crippen MR) is 68.5 cm³/mol. The Bertz CT molecular complexity index is 325. The van der Waals surface area contributed by atoms with Crippen LogP contribution in [0.3, 0.4) is 0 Å². The van der Waals surface area contributed by atoms with Crippen molar-refractivity contribution in [1.29, 1.82) is 0 Å². The Balaban J connectivity index is 2.92. The van der Waals surface area contributed by atoms with Gasteiger partial charge in [0.25, 0.3) is 0 Å². The van der Waals surface area contributed by atoms with E-state index in [2.05, 4.69) is 26.0 Å². The Kier molecular flexibility index (Phi) is 4.72. The molecule has 0 aromatic heterocycles. The van der Waals surface area contributed by atoms with Gasteiger partial charge in [-0.25, -0.2) is 0 Å². The number of Topliss-reactive ketones (excluding diaryl/α,β-unsaturated/α-hetero) is 1. The molecule has 1 nitrogen and oxygen atoms in total. The molecular weight excluding hydrogens is 196 g/mol. The normalized spacial score (nSPS) is 13.1. The van der Waals surface area contributed by atoms with Gasteiger partial charge in [0.2, 0.25) is 0 Å². The van der Waals surface area contributed by atoms with Gasteiger partial charge in [0.15, 0.2) is 0 Å². The number of carbonyl (C=O) groups excluding carboxylic acids is 1. The Morgan fingerprint density at radius 3 is 2.06 bits per heavy atom.